The van der Waals surface area contributed by atoms with E-state index in [1.165, 1.54) is 10.4 Å². The second kappa shape index (κ2) is 4.69. The van der Waals surface area contributed by atoms with E-state index >= 15 is 0 Å². The predicted molar refractivity (Wildman–Crippen MR) is 68.5 cm³/mol. The van der Waals surface area contributed by atoms with E-state index in [1.807, 2.05) is 11.3 Å². The van der Waals surface area contributed by atoms with Gasteiger partial charge in [-0.05, 0) is 36.8 Å². The zero-order chi connectivity index (χ0) is 11.7. The lowest BCUT2D eigenvalue weighted by Crippen LogP contribution is -2.56. The summed E-state index contributed by atoms with van der Waals surface area (Å²) in [5.41, 5.74) is 1.22. The Labute approximate surface area is 106 Å². The maximum absolute atomic E-state index is 6.10. The van der Waals surface area contributed by atoms with E-state index in [4.69, 9.17) is 9.47 Å². The van der Waals surface area contributed by atoms with Gasteiger partial charge in [0.1, 0.15) is 5.60 Å². The molecular weight excluding hydrogens is 234 g/mol. The first kappa shape index (κ1) is 11.7. The standard InChI is InChI=1S/C13H19NO2S/c1-10-7-11(8-17-10)12-13(16-6-4-14-12)3-2-5-15-9-13/h7-8,12,14H,2-6,9H2,1H3. The largest absolute Gasteiger partial charge is 0.378 e. The molecule has 3 nitrogen and oxygen atoms in total. The Morgan fingerprint density at radius 2 is 2.41 bits per heavy atom. The van der Waals surface area contributed by atoms with Gasteiger partial charge >= 0.3 is 0 Å². The molecule has 2 saturated heterocycles. The first-order valence-corrected chi connectivity index (χ1v) is 7.18. The molecule has 1 N–H and O–H groups in total. The predicted octanol–water partition coefficient (Wildman–Crippen LogP) is 2.27. The average Bonchev–Trinajstić information content (AvgIpc) is 2.77. The molecule has 1 spiro atoms. The first-order valence-electron chi connectivity index (χ1n) is 6.30. The van der Waals surface area contributed by atoms with Crippen LogP contribution in [-0.2, 0) is 9.47 Å². The van der Waals surface area contributed by atoms with Gasteiger partial charge in [0.2, 0.25) is 0 Å². The molecule has 2 aliphatic heterocycles. The number of ether oxygens (including phenoxy) is 2. The van der Waals surface area contributed by atoms with Crippen molar-refractivity contribution < 1.29 is 9.47 Å². The van der Waals surface area contributed by atoms with Crippen molar-refractivity contribution in [2.24, 2.45) is 0 Å². The van der Waals surface area contributed by atoms with Gasteiger partial charge in [0.15, 0.2) is 0 Å². The Kier molecular flexibility index (Phi) is 3.21. The Hall–Kier alpha value is -0.420. The molecule has 2 fully saturated rings. The van der Waals surface area contributed by atoms with Crippen LogP contribution in [0.2, 0.25) is 0 Å². The molecule has 0 saturated carbocycles. The molecule has 2 atom stereocenters. The SMILES string of the molecule is Cc1cc(C2NCCOC23CCCOC3)cs1. The number of morpholine rings is 1. The number of aryl methyl sites for hydroxylation is 1. The second-order valence-electron chi connectivity index (χ2n) is 4.95. The van der Waals surface area contributed by atoms with Crippen LogP contribution in [0.4, 0.5) is 0 Å². The summed E-state index contributed by atoms with van der Waals surface area (Å²) in [5.74, 6) is 0. The molecular formula is C13H19NO2S. The van der Waals surface area contributed by atoms with Crippen molar-refractivity contribution >= 4 is 11.3 Å². The van der Waals surface area contributed by atoms with Gasteiger partial charge < -0.3 is 14.8 Å². The van der Waals surface area contributed by atoms with Crippen LogP contribution in [0.1, 0.15) is 29.3 Å². The number of hydrogen-bond acceptors (Lipinski definition) is 4. The summed E-state index contributed by atoms with van der Waals surface area (Å²) in [6.07, 6.45) is 2.20. The topological polar surface area (TPSA) is 30.5 Å². The lowest BCUT2D eigenvalue weighted by Gasteiger charge is -2.46. The van der Waals surface area contributed by atoms with Gasteiger partial charge in [0.05, 0.1) is 19.3 Å². The Morgan fingerprint density at radius 1 is 1.47 bits per heavy atom. The summed E-state index contributed by atoms with van der Waals surface area (Å²) < 4.78 is 11.8. The number of thiophene rings is 1. The molecule has 0 radical (unpaired) electrons. The van der Waals surface area contributed by atoms with Crippen molar-refractivity contribution in [1.82, 2.24) is 5.32 Å². The molecule has 1 aromatic heterocycles. The van der Waals surface area contributed by atoms with Gasteiger partial charge in [0.25, 0.3) is 0 Å². The maximum atomic E-state index is 6.10. The molecule has 2 unspecified atom stereocenters. The highest BCUT2D eigenvalue weighted by molar-refractivity contribution is 7.10. The van der Waals surface area contributed by atoms with E-state index in [0.717, 1.165) is 39.2 Å². The number of rotatable bonds is 1. The van der Waals surface area contributed by atoms with Gasteiger partial charge in [0, 0.05) is 18.0 Å². The van der Waals surface area contributed by atoms with E-state index in [1.54, 1.807) is 0 Å². The maximum Gasteiger partial charge on any atom is 0.111 e. The van der Waals surface area contributed by atoms with E-state index in [0.29, 0.717) is 6.04 Å². The van der Waals surface area contributed by atoms with Crippen LogP contribution >= 0.6 is 11.3 Å². The minimum Gasteiger partial charge on any atom is -0.378 e. The Balaban J connectivity index is 1.89. The van der Waals surface area contributed by atoms with Crippen molar-refractivity contribution in [2.75, 3.05) is 26.4 Å². The van der Waals surface area contributed by atoms with E-state index in [-0.39, 0.29) is 5.60 Å². The van der Waals surface area contributed by atoms with Crippen LogP contribution in [0.25, 0.3) is 0 Å². The molecule has 0 amide bonds. The number of nitrogens with one attached hydrogen (secondary N) is 1. The summed E-state index contributed by atoms with van der Waals surface area (Å²) >= 11 is 1.81. The van der Waals surface area contributed by atoms with Crippen LogP contribution in [0.5, 0.6) is 0 Å². The normalized spacial score (nSPS) is 34.1. The molecule has 94 valence electrons. The Morgan fingerprint density at radius 3 is 3.12 bits per heavy atom. The molecule has 3 rings (SSSR count). The third-order valence-corrected chi connectivity index (χ3v) is 4.56. The molecule has 0 aliphatic carbocycles. The summed E-state index contributed by atoms with van der Waals surface area (Å²) in [5, 5.41) is 5.86. The third kappa shape index (κ3) is 2.15. The summed E-state index contributed by atoms with van der Waals surface area (Å²) in [7, 11) is 0. The van der Waals surface area contributed by atoms with Gasteiger partial charge in [-0.1, -0.05) is 0 Å². The van der Waals surface area contributed by atoms with E-state index in [9.17, 15) is 0 Å². The summed E-state index contributed by atoms with van der Waals surface area (Å²) in [6, 6.07) is 2.56. The minimum absolute atomic E-state index is 0.135. The fourth-order valence-corrected chi connectivity index (χ4v) is 3.63. The van der Waals surface area contributed by atoms with Crippen molar-refractivity contribution in [3.8, 4) is 0 Å². The average molecular weight is 253 g/mol. The lowest BCUT2D eigenvalue weighted by atomic mass is 9.83. The van der Waals surface area contributed by atoms with Crippen molar-refractivity contribution in [1.29, 1.82) is 0 Å². The van der Waals surface area contributed by atoms with Crippen molar-refractivity contribution in [2.45, 2.75) is 31.4 Å². The molecule has 17 heavy (non-hydrogen) atoms. The van der Waals surface area contributed by atoms with Crippen molar-refractivity contribution in [3.63, 3.8) is 0 Å². The van der Waals surface area contributed by atoms with Crippen molar-refractivity contribution in [3.05, 3.63) is 21.9 Å². The van der Waals surface area contributed by atoms with E-state index in [2.05, 4.69) is 23.7 Å². The molecule has 0 aromatic carbocycles. The monoisotopic (exact) mass is 253 g/mol. The van der Waals surface area contributed by atoms with Crippen LogP contribution < -0.4 is 5.32 Å². The van der Waals surface area contributed by atoms with Gasteiger partial charge in [-0.25, -0.2) is 0 Å². The van der Waals surface area contributed by atoms with Crippen LogP contribution in [0.15, 0.2) is 11.4 Å². The smallest absolute Gasteiger partial charge is 0.111 e. The first-order chi connectivity index (χ1) is 8.30. The number of hydrogen-bond donors (Lipinski definition) is 1. The molecule has 1 aromatic rings. The van der Waals surface area contributed by atoms with E-state index < -0.39 is 0 Å². The lowest BCUT2D eigenvalue weighted by molar-refractivity contribution is -0.165. The zero-order valence-electron chi connectivity index (χ0n) is 10.2. The molecule has 3 heterocycles. The summed E-state index contributed by atoms with van der Waals surface area (Å²) in [4.78, 5) is 1.36. The minimum atomic E-state index is -0.135. The van der Waals surface area contributed by atoms with Crippen LogP contribution in [0.3, 0.4) is 0 Å². The van der Waals surface area contributed by atoms with Crippen LogP contribution in [-0.4, -0.2) is 32.0 Å². The third-order valence-electron chi connectivity index (χ3n) is 3.69. The fraction of sp³-hybridized carbons (Fsp3) is 0.692. The van der Waals surface area contributed by atoms with Gasteiger partial charge in [-0.15, -0.1) is 11.3 Å². The van der Waals surface area contributed by atoms with Gasteiger partial charge in [-0.3, -0.25) is 0 Å². The molecule has 4 heteroatoms. The highest BCUT2D eigenvalue weighted by Gasteiger charge is 2.44. The van der Waals surface area contributed by atoms with Crippen LogP contribution in [0, 0.1) is 6.92 Å². The Bertz CT molecular complexity index is 376. The quantitative estimate of drug-likeness (QED) is 0.833. The fourth-order valence-electron chi connectivity index (χ4n) is 2.90. The second-order valence-corrected chi connectivity index (χ2v) is 6.06. The summed E-state index contributed by atoms with van der Waals surface area (Å²) in [6.45, 7) is 5.48. The highest BCUT2D eigenvalue weighted by atomic mass is 32.1. The molecule has 2 aliphatic rings. The zero-order valence-corrected chi connectivity index (χ0v) is 11.0. The van der Waals surface area contributed by atoms with Gasteiger partial charge in [-0.2, -0.15) is 0 Å². The molecule has 0 bridgehead atoms. The highest BCUT2D eigenvalue weighted by Crippen LogP contribution is 2.39.